The molecule has 3 aromatic rings. The van der Waals surface area contributed by atoms with Crippen LogP contribution in [0.3, 0.4) is 0 Å². The summed E-state index contributed by atoms with van der Waals surface area (Å²) in [4.78, 5) is 23.3. The Kier molecular flexibility index (Phi) is 4.79. The second kappa shape index (κ2) is 7.18. The number of benzene rings is 2. The molecule has 0 amide bonds. The molecule has 0 spiro atoms. The summed E-state index contributed by atoms with van der Waals surface area (Å²) in [5.74, 6) is 0.616. The maximum atomic E-state index is 12.7. The van der Waals surface area contributed by atoms with E-state index in [4.69, 9.17) is 23.7 Å². The molecule has 0 bridgehead atoms. The summed E-state index contributed by atoms with van der Waals surface area (Å²) in [6.45, 7) is 1.13. The predicted molar refractivity (Wildman–Crippen MR) is 93.4 cm³/mol. The minimum absolute atomic E-state index is 0.0740. The first-order chi connectivity index (χ1) is 12.5. The van der Waals surface area contributed by atoms with Crippen LogP contribution >= 0.6 is 0 Å². The fraction of sp³-hybridized carbons (Fsp3) is 0.158. The summed E-state index contributed by atoms with van der Waals surface area (Å²) in [6.07, 6.45) is 0. The van der Waals surface area contributed by atoms with Crippen LogP contribution in [-0.2, 0) is 4.79 Å². The van der Waals surface area contributed by atoms with Gasteiger partial charge in [-0.2, -0.15) is 0 Å². The van der Waals surface area contributed by atoms with Crippen LogP contribution in [-0.4, -0.2) is 24.8 Å². The van der Waals surface area contributed by atoms with Crippen molar-refractivity contribution >= 4 is 16.9 Å². The molecule has 0 unspecified atom stereocenters. The van der Waals surface area contributed by atoms with Crippen molar-refractivity contribution in [2.45, 2.75) is 6.92 Å². The van der Waals surface area contributed by atoms with Crippen LogP contribution in [0.2, 0.25) is 0 Å². The molecule has 1 N–H and O–H groups in total. The lowest BCUT2D eigenvalue weighted by molar-refractivity contribution is -0.139. The second-order valence-electron chi connectivity index (χ2n) is 5.44. The van der Waals surface area contributed by atoms with Gasteiger partial charge in [0.1, 0.15) is 28.6 Å². The zero-order chi connectivity index (χ0) is 18.7. The maximum Gasteiger partial charge on any atom is 0.341 e. The van der Waals surface area contributed by atoms with E-state index in [0.717, 1.165) is 0 Å². The molecule has 0 saturated heterocycles. The number of rotatable bonds is 6. The maximum absolute atomic E-state index is 12.7. The largest absolute Gasteiger partial charge is 0.497 e. The molecule has 0 saturated carbocycles. The number of methoxy groups -OCH3 is 1. The van der Waals surface area contributed by atoms with E-state index in [1.807, 2.05) is 0 Å². The zero-order valence-electron chi connectivity index (χ0n) is 14.1. The van der Waals surface area contributed by atoms with Crippen molar-refractivity contribution in [1.29, 1.82) is 0 Å². The van der Waals surface area contributed by atoms with E-state index in [0.29, 0.717) is 28.4 Å². The molecule has 134 valence electrons. The second-order valence-corrected chi connectivity index (χ2v) is 5.44. The quantitative estimate of drug-likeness (QED) is 0.723. The van der Waals surface area contributed by atoms with E-state index in [1.165, 1.54) is 18.2 Å². The normalized spacial score (nSPS) is 10.5. The van der Waals surface area contributed by atoms with Gasteiger partial charge in [-0.15, -0.1) is 0 Å². The van der Waals surface area contributed by atoms with Crippen LogP contribution in [0.4, 0.5) is 0 Å². The highest BCUT2D eigenvalue weighted by molar-refractivity contribution is 5.80. The Morgan fingerprint density at radius 2 is 1.88 bits per heavy atom. The Labute approximate surface area is 148 Å². The summed E-state index contributed by atoms with van der Waals surface area (Å²) in [6, 6.07) is 11.4. The van der Waals surface area contributed by atoms with Crippen molar-refractivity contribution in [2.24, 2.45) is 0 Å². The van der Waals surface area contributed by atoms with E-state index in [1.54, 1.807) is 38.3 Å². The lowest BCUT2D eigenvalue weighted by atomic mass is 10.2. The first kappa shape index (κ1) is 17.3. The molecule has 0 fully saturated rings. The first-order valence-corrected chi connectivity index (χ1v) is 7.72. The lowest BCUT2D eigenvalue weighted by Crippen LogP contribution is -2.10. The number of carboxylic acids is 1. The van der Waals surface area contributed by atoms with Crippen molar-refractivity contribution in [3.8, 4) is 23.0 Å². The Balaban J connectivity index is 1.98. The highest BCUT2D eigenvalue weighted by Crippen LogP contribution is 2.28. The van der Waals surface area contributed by atoms with Crippen LogP contribution in [0, 0.1) is 6.92 Å². The van der Waals surface area contributed by atoms with Gasteiger partial charge in [-0.05, 0) is 31.2 Å². The van der Waals surface area contributed by atoms with Crippen LogP contribution in [0.25, 0.3) is 11.0 Å². The summed E-state index contributed by atoms with van der Waals surface area (Å²) in [5.41, 5.74) is -0.0512. The molecular weight excluding hydrogens is 340 g/mol. The van der Waals surface area contributed by atoms with Crippen molar-refractivity contribution in [3.05, 3.63) is 58.4 Å². The van der Waals surface area contributed by atoms with Crippen LogP contribution in [0.1, 0.15) is 5.76 Å². The van der Waals surface area contributed by atoms with Crippen molar-refractivity contribution < 1.29 is 28.5 Å². The van der Waals surface area contributed by atoms with Gasteiger partial charge < -0.3 is 23.7 Å². The fourth-order valence-corrected chi connectivity index (χ4v) is 2.40. The van der Waals surface area contributed by atoms with Gasteiger partial charge in [-0.1, -0.05) is 6.07 Å². The third-order valence-corrected chi connectivity index (χ3v) is 3.61. The molecule has 0 aliphatic rings. The number of aliphatic carboxylic acids is 1. The molecule has 0 aliphatic carbocycles. The molecule has 26 heavy (non-hydrogen) atoms. The van der Waals surface area contributed by atoms with Crippen molar-refractivity contribution in [2.75, 3.05) is 13.7 Å². The third-order valence-electron chi connectivity index (χ3n) is 3.61. The number of hydrogen-bond acceptors (Lipinski definition) is 6. The smallest absolute Gasteiger partial charge is 0.341 e. The van der Waals surface area contributed by atoms with Gasteiger partial charge in [0.05, 0.1) is 12.5 Å². The highest BCUT2D eigenvalue weighted by Gasteiger charge is 2.15. The van der Waals surface area contributed by atoms with Gasteiger partial charge >= 0.3 is 5.97 Å². The van der Waals surface area contributed by atoms with E-state index in [-0.39, 0.29) is 16.8 Å². The highest BCUT2D eigenvalue weighted by atomic mass is 16.5. The standard InChI is InChI=1S/C19H16O7/c1-11-19(26-14-5-3-4-12(8-14)23-2)18(22)15-7-6-13(9-16(15)25-11)24-10-17(20)21/h3-9H,10H2,1-2H3,(H,20,21). The average molecular weight is 356 g/mol. The molecule has 0 atom stereocenters. The first-order valence-electron chi connectivity index (χ1n) is 7.72. The van der Waals surface area contributed by atoms with E-state index in [2.05, 4.69) is 0 Å². The van der Waals surface area contributed by atoms with E-state index >= 15 is 0 Å². The Morgan fingerprint density at radius 3 is 2.62 bits per heavy atom. The van der Waals surface area contributed by atoms with Gasteiger partial charge in [0.25, 0.3) is 0 Å². The number of ether oxygens (including phenoxy) is 3. The van der Waals surface area contributed by atoms with Crippen LogP contribution < -0.4 is 19.6 Å². The SMILES string of the molecule is COc1cccc(Oc2c(C)oc3cc(OCC(=O)O)ccc3c2=O)c1. The van der Waals surface area contributed by atoms with Gasteiger partial charge in [0, 0.05) is 12.1 Å². The summed E-state index contributed by atoms with van der Waals surface area (Å²) in [7, 11) is 1.54. The summed E-state index contributed by atoms with van der Waals surface area (Å²) >= 11 is 0. The molecule has 2 aromatic carbocycles. The van der Waals surface area contributed by atoms with Crippen molar-refractivity contribution in [3.63, 3.8) is 0 Å². The monoisotopic (exact) mass is 356 g/mol. The number of hydrogen-bond donors (Lipinski definition) is 1. The van der Waals surface area contributed by atoms with Crippen molar-refractivity contribution in [1.82, 2.24) is 0 Å². The number of fused-ring (bicyclic) bond motifs is 1. The summed E-state index contributed by atoms with van der Waals surface area (Å²) < 4.78 is 21.6. The van der Waals surface area contributed by atoms with Gasteiger partial charge in [-0.3, -0.25) is 4.79 Å². The molecule has 3 rings (SSSR count). The zero-order valence-corrected chi connectivity index (χ0v) is 14.1. The van der Waals surface area contributed by atoms with E-state index in [9.17, 15) is 9.59 Å². The molecule has 0 radical (unpaired) electrons. The molecule has 1 aromatic heterocycles. The van der Waals surface area contributed by atoms with Gasteiger partial charge in [0.15, 0.2) is 6.61 Å². The molecule has 0 aliphatic heterocycles. The van der Waals surface area contributed by atoms with Gasteiger partial charge in [0.2, 0.25) is 11.2 Å². The third kappa shape index (κ3) is 3.61. The Morgan fingerprint density at radius 1 is 1.12 bits per heavy atom. The van der Waals surface area contributed by atoms with Crippen LogP contribution in [0.5, 0.6) is 23.0 Å². The minimum atomic E-state index is -1.09. The number of carboxylic acid groups (broad SMARTS) is 1. The molecular formula is C19H16O7. The number of carbonyl (C=O) groups is 1. The average Bonchev–Trinajstić information content (AvgIpc) is 2.63. The molecule has 1 heterocycles. The predicted octanol–water partition coefficient (Wildman–Crippen LogP) is 3.37. The Bertz CT molecular complexity index is 1020. The minimum Gasteiger partial charge on any atom is -0.497 e. The molecule has 7 nitrogen and oxygen atoms in total. The van der Waals surface area contributed by atoms with E-state index < -0.39 is 12.6 Å². The lowest BCUT2D eigenvalue weighted by Gasteiger charge is -2.10. The fourth-order valence-electron chi connectivity index (χ4n) is 2.40. The van der Waals surface area contributed by atoms with Gasteiger partial charge in [-0.25, -0.2) is 4.79 Å². The topological polar surface area (TPSA) is 95.2 Å². The van der Waals surface area contributed by atoms with Crippen LogP contribution in [0.15, 0.2) is 51.7 Å². The molecule has 7 heteroatoms. The Hall–Kier alpha value is -3.48. The number of aryl methyl sites for hydroxylation is 1. The summed E-state index contributed by atoms with van der Waals surface area (Å²) in [5, 5.41) is 8.97.